The fourth-order valence-electron chi connectivity index (χ4n) is 2.67. The molecular formula is C20H16ClN3OS. The Morgan fingerprint density at radius 3 is 2.58 bits per heavy atom. The summed E-state index contributed by atoms with van der Waals surface area (Å²) in [5.41, 5.74) is 10.0. The lowest BCUT2D eigenvalue weighted by molar-refractivity contribution is 0.433. The zero-order chi connectivity index (χ0) is 17.9. The fraction of sp³-hybridized carbons (Fsp3) is 0.100. The maximum absolute atomic E-state index is 6.32. The van der Waals surface area contributed by atoms with E-state index in [0.717, 1.165) is 32.5 Å². The van der Waals surface area contributed by atoms with E-state index in [2.05, 4.69) is 10.1 Å². The molecule has 2 aromatic heterocycles. The normalized spacial score (nSPS) is 12.2. The average Bonchev–Trinajstić information content (AvgIpc) is 3.34. The van der Waals surface area contributed by atoms with Gasteiger partial charge in [0.15, 0.2) is 5.76 Å². The van der Waals surface area contributed by atoms with Crippen molar-refractivity contribution in [1.29, 1.82) is 0 Å². The van der Waals surface area contributed by atoms with Crippen LogP contribution >= 0.6 is 22.9 Å². The summed E-state index contributed by atoms with van der Waals surface area (Å²) in [5, 5.41) is 7.68. The van der Waals surface area contributed by atoms with Crippen molar-refractivity contribution in [1.82, 2.24) is 10.1 Å². The minimum atomic E-state index is -0.175. The van der Waals surface area contributed by atoms with Gasteiger partial charge in [-0.1, -0.05) is 59.2 Å². The lowest BCUT2D eigenvalue weighted by Crippen LogP contribution is -2.13. The second kappa shape index (κ2) is 7.41. The van der Waals surface area contributed by atoms with Crippen molar-refractivity contribution >= 4 is 22.9 Å². The molecule has 0 fully saturated rings. The van der Waals surface area contributed by atoms with Gasteiger partial charge in [0, 0.05) is 22.0 Å². The quantitative estimate of drug-likeness (QED) is 0.505. The fourth-order valence-corrected chi connectivity index (χ4v) is 3.61. The van der Waals surface area contributed by atoms with E-state index in [1.165, 1.54) is 11.3 Å². The maximum Gasteiger partial charge on any atom is 0.186 e. The molecule has 1 atom stereocenters. The third-order valence-corrected chi connectivity index (χ3v) is 5.27. The van der Waals surface area contributed by atoms with Gasteiger partial charge in [0.05, 0.1) is 6.04 Å². The lowest BCUT2D eigenvalue weighted by atomic mass is 10.1. The number of hydrogen-bond donors (Lipinski definition) is 1. The van der Waals surface area contributed by atoms with Crippen molar-refractivity contribution in [3.63, 3.8) is 0 Å². The summed E-state index contributed by atoms with van der Waals surface area (Å²) in [4.78, 5) is 4.63. The summed E-state index contributed by atoms with van der Waals surface area (Å²) in [5.74, 6) is 0.644. The van der Waals surface area contributed by atoms with Gasteiger partial charge >= 0.3 is 0 Å². The van der Waals surface area contributed by atoms with Gasteiger partial charge in [-0.2, -0.15) is 0 Å². The highest BCUT2D eigenvalue weighted by Gasteiger charge is 2.16. The smallest absolute Gasteiger partial charge is 0.186 e. The van der Waals surface area contributed by atoms with Gasteiger partial charge in [0.1, 0.15) is 16.4 Å². The SMILES string of the molecule is NC(Cc1ccc(Cl)cc1)c1nc(-c2cc(-c3ccccc3)no2)cs1. The van der Waals surface area contributed by atoms with E-state index >= 15 is 0 Å². The van der Waals surface area contributed by atoms with Crippen LogP contribution in [0.1, 0.15) is 16.6 Å². The van der Waals surface area contributed by atoms with Crippen LogP contribution in [0.15, 0.2) is 70.6 Å². The molecule has 1 unspecified atom stereocenters. The van der Waals surface area contributed by atoms with Crippen LogP contribution in [0.3, 0.4) is 0 Å². The van der Waals surface area contributed by atoms with Crippen LogP contribution in [0.2, 0.25) is 5.02 Å². The molecule has 26 heavy (non-hydrogen) atoms. The van der Waals surface area contributed by atoms with Gasteiger partial charge in [-0.15, -0.1) is 11.3 Å². The van der Waals surface area contributed by atoms with Crippen molar-refractivity contribution in [2.24, 2.45) is 5.73 Å². The maximum atomic E-state index is 6.32. The van der Waals surface area contributed by atoms with Crippen molar-refractivity contribution in [2.75, 3.05) is 0 Å². The van der Waals surface area contributed by atoms with Crippen LogP contribution in [0.5, 0.6) is 0 Å². The summed E-state index contributed by atoms with van der Waals surface area (Å²) in [6.45, 7) is 0. The standard InChI is InChI=1S/C20H16ClN3OS/c21-15-8-6-13(7-9-15)10-16(22)20-23-18(12-26-20)19-11-17(24-25-19)14-4-2-1-3-5-14/h1-9,11-12,16H,10,22H2. The largest absolute Gasteiger partial charge is 0.354 e. The number of nitrogens with two attached hydrogens (primary N) is 1. The summed E-state index contributed by atoms with van der Waals surface area (Å²) in [6.07, 6.45) is 0.704. The molecule has 0 aliphatic rings. The summed E-state index contributed by atoms with van der Waals surface area (Å²) >= 11 is 7.45. The Balaban J connectivity index is 1.51. The molecule has 0 aliphatic heterocycles. The molecule has 4 nitrogen and oxygen atoms in total. The number of hydrogen-bond acceptors (Lipinski definition) is 5. The van der Waals surface area contributed by atoms with Gasteiger partial charge in [0.2, 0.25) is 0 Å². The molecule has 6 heteroatoms. The Labute approximate surface area is 160 Å². The number of benzene rings is 2. The first-order valence-corrected chi connectivity index (χ1v) is 9.43. The zero-order valence-electron chi connectivity index (χ0n) is 13.8. The van der Waals surface area contributed by atoms with Crippen molar-refractivity contribution in [3.05, 3.63) is 81.6 Å². The Kier molecular flexibility index (Phi) is 4.84. The summed E-state index contributed by atoms with van der Waals surface area (Å²) in [6, 6.07) is 19.4. The third kappa shape index (κ3) is 3.70. The molecule has 0 amide bonds. The van der Waals surface area contributed by atoms with E-state index in [1.54, 1.807) is 0 Å². The van der Waals surface area contributed by atoms with E-state index < -0.39 is 0 Å². The number of halogens is 1. The first-order chi connectivity index (χ1) is 12.7. The third-order valence-electron chi connectivity index (χ3n) is 4.04. The van der Waals surface area contributed by atoms with Gasteiger partial charge < -0.3 is 10.3 Å². The van der Waals surface area contributed by atoms with Gasteiger partial charge in [-0.3, -0.25) is 0 Å². The highest BCUT2D eigenvalue weighted by Crippen LogP contribution is 2.29. The molecule has 2 N–H and O–H groups in total. The number of rotatable bonds is 5. The van der Waals surface area contributed by atoms with E-state index in [-0.39, 0.29) is 6.04 Å². The predicted molar refractivity (Wildman–Crippen MR) is 105 cm³/mol. The highest BCUT2D eigenvalue weighted by molar-refractivity contribution is 7.10. The Bertz CT molecular complexity index is 995. The topological polar surface area (TPSA) is 64.9 Å². The van der Waals surface area contributed by atoms with Crippen LogP contribution < -0.4 is 5.73 Å². The van der Waals surface area contributed by atoms with Crippen molar-refractivity contribution in [2.45, 2.75) is 12.5 Å². The lowest BCUT2D eigenvalue weighted by Gasteiger charge is -2.08. The van der Waals surface area contributed by atoms with Crippen LogP contribution in [-0.4, -0.2) is 10.1 Å². The predicted octanol–water partition coefficient (Wildman–Crippen LogP) is 5.36. The molecule has 0 bridgehead atoms. The molecule has 0 saturated heterocycles. The monoisotopic (exact) mass is 381 g/mol. The molecule has 0 radical (unpaired) electrons. The first kappa shape index (κ1) is 17.0. The van der Waals surface area contributed by atoms with Gasteiger partial charge in [-0.25, -0.2) is 4.98 Å². The Hall–Kier alpha value is -2.47. The van der Waals surface area contributed by atoms with E-state index in [4.69, 9.17) is 21.9 Å². The number of thiazole rings is 1. The van der Waals surface area contributed by atoms with Crippen LogP contribution in [-0.2, 0) is 6.42 Å². The van der Waals surface area contributed by atoms with E-state index in [1.807, 2.05) is 66.0 Å². The minimum Gasteiger partial charge on any atom is -0.354 e. The molecule has 2 heterocycles. The Morgan fingerprint density at radius 1 is 1.04 bits per heavy atom. The Morgan fingerprint density at radius 2 is 1.81 bits per heavy atom. The van der Waals surface area contributed by atoms with Gasteiger partial charge in [-0.05, 0) is 24.1 Å². The van der Waals surface area contributed by atoms with Crippen LogP contribution in [0.4, 0.5) is 0 Å². The van der Waals surface area contributed by atoms with Crippen molar-refractivity contribution in [3.8, 4) is 22.7 Å². The van der Waals surface area contributed by atoms with Gasteiger partial charge in [0.25, 0.3) is 0 Å². The summed E-state index contributed by atoms with van der Waals surface area (Å²) < 4.78 is 5.47. The second-order valence-electron chi connectivity index (χ2n) is 5.95. The molecule has 2 aromatic carbocycles. The first-order valence-electron chi connectivity index (χ1n) is 8.17. The molecule has 0 spiro atoms. The average molecular weight is 382 g/mol. The highest BCUT2D eigenvalue weighted by atomic mass is 35.5. The number of nitrogens with zero attached hydrogens (tertiary/aromatic N) is 2. The zero-order valence-corrected chi connectivity index (χ0v) is 15.4. The molecule has 0 saturated carbocycles. The second-order valence-corrected chi connectivity index (χ2v) is 7.28. The molecule has 4 rings (SSSR count). The molecule has 4 aromatic rings. The molecular weight excluding hydrogens is 366 g/mol. The van der Waals surface area contributed by atoms with E-state index in [0.29, 0.717) is 12.2 Å². The van der Waals surface area contributed by atoms with E-state index in [9.17, 15) is 0 Å². The number of aromatic nitrogens is 2. The van der Waals surface area contributed by atoms with Crippen LogP contribution in [0, 0.1) is 0 Å². The van der Waals surface area contributed by atoms with Crippen molar-refractivity contribution < 1.29 is 4.52 Å². The summed E-state index contributed by atoms with van der Waals surface area (Å²) in [7, 11) is 0. The van der Waals surface area contributed by atoms with Crippen LogP contribution in [0.25, 0.3) is 22.7 Å². The molecule has 130 valence electrons. The molecule has 0 aliphatic carbocycles. The minimum absolute atomic E-state index is 0.175.